The molecule has 0 saturated carbocycles. The highest BCUT2D eigenvalue weighted by molar-refractivity contribution is 6.10. The molecule has 0 N–H and O–H groups in total. The molecular weight excluding hydrogens is 574 g/mol. The lowest BCUT2D eigenvalue weighted by Crippen LogP contribution is -2.25. The van der Waals surface area contributed by atoms with Crippen molar-refractivity contribution in [1.82, 2.24) is 4.57 Å². The maximum atomic E-state index is 2.43. The molecule has 0 unspecified atom stereocenters. The molecule has 47 heavy (non-hydrogen) atoms. The topological polar surface area (TPSA) is 17.9 Å². The lowest BCUT2D eigenvalue weighted by atomic mass is 10.0. The quantitative estimate of drug-likeness (QED) is 0.192. The van der Waals surface area contributed by atoms with Gasteiger partial charge in [0, 0.05) is 64.0 Å². The van der Waals surface area contributed by atoms with Gasteiger partial charge in [0.2, 0.25) is 0 Å². The van der Waals surface area contributed by atoms with Crippen LogP contribution < -0.4 is 19.6 Å². The molecule has 5 nitrogen and oxygen atoms in total. The Bertz CT molecular complexity index is 2210. The van der Waals surface area contributed by atoms with Crippen molar-refractivity contribution in [2.45, 2.75) is 41.5 Å². The zero-order valence-corrected chi connectivity index (χ0v) is 28.1. The molecule has 0 spiro atoms. The Morgan fingerprint density at radius 1 is 0.404 bits per heavy atom. The lowest BCUT2D eigenvalue weighted by Gasteiger charge is -2.25. The van der Waals surface area contributed by atoms with Gasteiger partial charge < -0.3 is 24.2 Å². The minimum atomic E-state index is 0.781. The second-order valence-corrected chi connectivity index (χ2v) is 13.3. The maximum Gasteiger partial charge on any atom is 0.0989 e. The molecule has 0 saturated heterocycles. The molecule has 2 aliphatic heterocycles. The third kappa shape index (κ3) is 4.94. The Morgan fingerprint density at radius 2 is 0.894 bits per heavy atom. The van der Waals surface area contributed by atoms with Crippen LogP contribution in [0.15, 0.2) is 116 Å². The van der Waals surface area contributed by atoms with Crippen molar-refractivity contribution in [1.29, 1.82) is 0 Å². The van der Waals surface area contributed by atoms with Gasteiger partial charge in [0.1, 0.15) is 0 Å². The normalized spacial score (nSPS) is 14.5. The van der Waals surface area contributed by atoms with Gasteiger partial charge in [-0.2, -0.15) is 0 Å². The van der Waals surface area contributed by atoms with E-state index >= 15 is 0 Å². The summed E-state index contributed by atoms with van der Waals surface area (Å²) in [4.78, 5) is 9.39. The zero-order valence-electron chi connectivity index (χ0n) is 28.1. The Labute approximate surface area is 277 Å². The van der Waals surface area contributed by atoms with E-state index in [1.54, 1.807) is 0 Å². The molecule has 3 heterocycles. The van der Waals surface area contributed by atoms with Crippen LogP contribution in [-0.4, -0.2) is 17.9 Å². The smallest absolute Gasteiger partial charge is 0.0989 e. The molecule has 5 aromatic carbocycles. The first-order chi connectivity index (χ1) is 22.7. The van der Waals surface area contributed by atoms with Crippen LogP contribution >= 0.6 is 0 Å². The monoisotopic (exact) mass is 615 g/mol. The van der Waals surface area contributed by atoms with Crippen molar-refractivity contribution >= 4 is 44.6 Å². The van der Waals surface area contributed by atoms with E-state index in [1.807, 2.05) is 0 Å². The predicted octanol–water partition coefficient (Wildman–Crippen LogP) is 10.1. The van der Waals surface area contributed by atoms with Gasteiger partial charge in [0.25, 0.3) is 0 Å². The molecule has 234 valence electrons. The summed E-state index contributed by atoms with van der Waals surface area (Å²) in [5.74, 6) is 0. The van der Waals surface area contributed by atoms with Crippen molar-refractivity contribution in [3.8, 4) is 5.69 Å². The Balaban J connectivity index is 1.14. The fourth-order valence-corrected chi connectivity index (χ4v) is 7.94. The van der Waals surface area contributed by atoms with Gasteiger partial charge in [-0.1, -0.05) is 65.7 Å². The summed E-state index contributed by atoms with van der Waals surface area (Å²) in [5, 5.41) is 2.53. The fraction of sp³-hybridized carbons (Fsp3) is 0.190. The van der Waals surface area contributed by atoms with Crippen LogP contribution in [0.5, 0.6) is 0 Å². The molecular formula is C42H41N5. The predicted molar refractivity (Wildman–Crippen MR) is 200 cm³/mol. The number of fused-ring (bicyclic) bond motifs is 3. The molecule has 0 radical (unpaired) electrons. The molecule has 0 fully saturated rings. The molecule has 1 aromatic heterocycles. The highest BCUT2D eigenvalue weighted by atomic mass is 15.4. The number of nitrogens with zero attached hydrogens (tertiary/aromatic N) is 5. The summed E-state index contributed by atoms with van der Waals surface area (Å²) in [6, 6.07) is 33.7. The van der Waals surface area contributed by atoms with Crippen LogP contribution in [0.25, 0.3) is 27.5 Å². The highest BCUT2D eigenvalue weighted by Gasteiger charge is 2.22. The number of hydrogen-bond donors (Lipinski definition) is 0. The molecule has 2 aliphatic rings. The van der Waals surface area contributed by atoms with E-state index in [2.05, 4.69) is 182 Å². The third-order valence-electron chi connectivity index (χ3n) is 9.72. The second-order valence-electron chi connectivity index (χ2n) is 13.3. The maximum absolute atomic E-state index is 2.43. The van der Waals surface area contributed by atoms with Crippen molar-refractivity contribution in [3.63, 3.8) is 0 Å². The third-order valence-corrected chi connectivity index (χ3v) is 9.72. The number of benzene rings is 5. The number of rotatable bonds is 5. The Morgan fingerprint density at radius 3 is 1.49 bits per heavy atom. The van der Waals surface area contributed by atoms with E-state index in [0.29, 0.717) is 0 Å². The fourth-order valence-electron chi connectivity index (χ4n) is 7.94. The first-order valence-corrected chi connectivity index (χ1v) is 16.5. The van der Waals surface area contributed by atoms with Gasteiger partial charge in [-0.15, -0.1) is 0 Å². The van der Waals surface area contributed by atoms with Crippen molar-refractivity contribution in [2.24, 2.45) is 0 Å². The summed E-state index contributed by atoms with van der Waals surface area (Å²) < 4.78 is 2.43. The first kappa shape index (κ1) is 29.0. The van der Waals surface area contributed by atoms with Gasteiger partial charge in [0.15, 0.2) is 0 Å². The van der Waals surface area contributed by atoms with Gasteiger partial charge in [-0.3, -0.25) is 0 Å². The standard InChI is InChI=1S/C42H41N5/c1-28-20-30(3)41(31(4)21-28)45-18-16-43(26-45)34-10-9-11-36(24-34)47-39-13-8-7-12-37(39)38-15-14-35(25-40(38)47)44-17-19-46(27-44)42-32(5)22-29(2)23-33(42)6/h7-25H,26-27H2,1-6H3. The SMILES string of the molecule is Cc1cc(C)c(N2C=CN(c3cccc(-n4c5ccccc5c5ccc(N6C=CN(c7c(C)cc(C)cc7C)C6)cc54)c3)C2)c(C)c1. The van der Waals surface area contributed by atoms with Crippen molar-refractivity contribution < 1.29 is 0 Å². The second kappa shape index (κ2) is 11.1. The van der Waals surface area contributed by atoms with E-state index in [0.717, 1.165) is 19.0 Å². The number of aromatic nitrogens is 1. The molecule has 0 atom stereocenters. The van der Waals surface area contributed by atoms with E-state index < -0.39 is 0 Å². The average molecular weight is 616 g/mol. The van der Waals surface area contributed by atoms with Crippen LogP contribution in [0.1, 0.15) is 33.4 Å². The molecule has 0 aliphatic carbocycles. The average Bonchev–Trinajstić information content (AvgIpc) is 3.78. The van der Waals surface area contributed by atoms with Gasteiger partial charge >= 0.3 is 0 Å². The van der Waals surface area contributed by atoms with E-state index in [9.17, 15) is 0 Å². The van der Waals surface area contributed by atoms with Crippen LogP contribution in [0.4, 0.5) is 22.7 Å². The minimum absolute atomic E-state index is 0.781. The summed E-state index contributed by atoms with van der Waals surface area (Å²) in [5.41, 5.74) is 16.4. The Hall–Kier alpha value is -5.42. The van der Waals surface area contributed by atoms with Crippen LogP contribution in [0, 0.1) is 41.5 Å². The van der Waals surface area contributed by atoms with Gasteiger partial charge in [0.05, 0.1) is 24.4 Å². The van der Waals surface area contributed by atoms with E-state index in [4.69, 9.17) is 0 Å². The number of anilines is 4. The summed E-state index contributed by atoms with van der Waals surface area (Å²) in [6.45, 7) is 14.8. The molecule has 0 bridgehead atoms. The minimum Gasteiger partial charge on any atom is -0.328 e. The molecule has 8 rings (SSSR count). The Kier molecular flexibility index (Phi) is 6.87. The zero-order chi connectivity index (χ0) is 32.4. The van der Waals surface area contributed by atoms with Gasteiger partial charge in [-0.25, -0.2) is 0 Å². The van der Waals surface area contributed by atoms with Crippen LogP contribution in [0.2, 0.25) is 0 Å². The van der Waals surface area contributed by atoms with Crippen LogP contribution in [0.3, 0.4) is 0 Å². The van der Waals surface area contributed by atoms with Crippen LogP contribution in [-0.2, 0) is 0 Å². The van der Waals surface area contributed by atoms with Crippen molar-refractivity contribution in [2.75, 3.05) is 32.9 Å². The number of aryl methyl sites for hydroxylation is 6. The summed E-state index contributed by atoms with van der Waals surface area (Å²) >= 11 is 0. The largest absolute Gasteiger partial charge is 0.328 e. The number of hydrogen-bond acceptors (Lipinski definition) is 4. The first-order valence-electron chi connectivity index (χ1n) is 16.5. The van der Waals surface area contributed by atoms with E-state index in [1.165, 1.54) is 77.9 Å². The molecule has 0 amide bonds. The van der Waals surface area contributed by atoms with Crippen molar-refractivity contribution in [3.05, 3.63) is 149 Å². The summed E-state index contributed by atoms with van der Waals surface area (Å²) in [7, 11) is 0. The lowest BCUT2D eigenvalue weighted by molar-refractivity contribution is 0.962. The highest BCUT2D eigenvalue weighted by Crippen LogP contribution is 2.38. The van der Waals surface area contributed by atoms with E-state index in [-0.39, 0.29) is 0 Å². The summed E-state index contributed by atoms with van der Waals surface area (Å²) in [6.07, 6.45) is 8.82. The molecule has 5 heteroatoms. The number of para-hydroxylation sites is 1. The molecule has 6 aromatic rings. The van der Waals surface area contributed by atoms with Gasteiger partial charge in [-0.05, 0) is 100 Å².